The lowest BCUT2D eigenvalue weighted by atomic mass is 10.0. The minimum Gasteiger partial charge on any atom is -0.503 e. The molecule has 0 spiro atoms. The topological polar surface area (TPSA) is 78.7 Å². The molecule has 7 nitrogen and oxygen atoms in total. The van der Waals surface area contributed by atoms with E-state index in [1.807, 2.05) is 48.5 Å². The fourth-order valence-corrected chi connectivity index (χ4v) is 2.62. The summed E-state index contributed by atoms with van der Waals surface area (Å²) < 4.78 is 9.86. The number of benzene rings is 2. The Morgan fingerprint density at radius 2 is 1.66 bits per heavy atom. The summed E-state index contributed by atoms with van der Waals surface area (Å²) >= 11 is 0. The van der Waals surface area contributed by atoms with Crippen LogP contribution in [-0.4, -0.2) is 38.7 Å². The largest absolute Gasteiger partial charge is 0.503 e. The lowest BCUT2D eigenvalue weighted by Gasteiger charge is -2.11. The van der Waals surface area contributed by atoms with Gasteiger partial charge < -0.3 is 19.1 Å². The van der Waals surface area contributed by atoms with Crippen molar-refractivity contribution in [1.82, 2.24) is 0 Å². The van der Waals surface area contributed by atoms with E-state index in [0.717, 1.165) is 11.1 Å². The summed E-state index contributed by atoms with van der Waals surface area (Å²) in [5, 5.41) is 8.21. The number of ether oxygens (including phenoxy) is 2. The van der Waals surface area contributed by atoms with Gasteiger partial charge in [-0.05, 0) is 12.5 Å². The van der Waals surface area contributed by atoms with Crippen LogP contribution in [0.3, 0.4) is 0 Å². The summed E-state index contributed by atoms with van der Waals surface area (Å²) in [6.07, 6.45) is 1.35. The van der Waals surface area contributed by atoms with Gasteiger partial charge in [0.25, 0.3) is 0 Å². The third-order valence-electron chi connectivity index (χ3n) is 3.94. The average Bonchev–Trinajstić information content (AvgIpc) is 2.76. The van der Waals surface area contributed by atoms with Gasteiger partial charge >= 0.3 is 5.97 Å². The van der Waals surface area contributed by atoms with Crippen molar-refractivity contribution in [2.45, 2.75) is 13.5 Å². The first-order chi connectivity index (χ1) is 14.1. The number of carbonyl (C=O) groups is 1. The molecule has 0 fully saturated rings. The predicted octanol–water partition coefficient (Wildman–Crippen LogP) is 3.79. The molecule has 2 rings (SSSR count). The number of methoxy groups -OCH3 is 2. The first-order valence-electron chi connectivity index (χ1n) is 8.85. The van der Waals surface area contributed by atoms with E-state index in [9.17, 15) is 4.79 Å². The molecular weight excluding hydrogens is 372 g/mol. The Kier molecular flexibility index (Phi) is 8.44. The van der Waals surface area contributed by atoms with Crippen LogP contribution in [0.4, 0.5) is 0 Å². The molecule has 0 radical (unpaired) electrons. The van der Waals surface area contributed by atoms with Crippen LogP contribution >= 0.6 is 0 Å². The van der Waals surface area contributed by atoms with Crippen molar-refractivity contribution in [2.75, 3.05) is 21.3 Å². The van der Waals surface area contributed by atoms with E-state index in [4.69, 9.17) is 19.1 Å². The normalized spacial score (nSPS) is 12.3. The quantitative estimate of drug-likeness (QED) is 0.212. The maximum atomic E-state index is 12.1. The van der Waals surface area contributed by atoms with Gasteiger partial charge in [0, 0.05) is 11.1 Å². The molecule has 0 heterocycles. The van der Waals surface area contributed by atoms with E-state index in [1.54, 1.807) is 13.0 Å². The fraction of sp³-hybridized carbons (Fsp3) is 0.227. The summed E-state index contributed by atoms with van der Waals surface area (Å²) in [6, 6.07) is 16.8. The number of rotatable bonds is 9. The number of carbonyl (C=O) groups excluding carboxylic acids is 1. The number of hydrogen-bond donors (Lipinski definition) is 0. The molecule has 0 amide bonds. The van der Waals surface area contributed by atoms with Crippen molar-refractivity contribution in [2.24, 2.45) is 10.3 Å². The second kappa shape index (κ2) is 11.3. The van der Waals surface area contributed by atoms with Gasteiger partial charge in [0.05, 0.1) is 20.5 Å². The predicted molar refractivity (Wildman–Crippen MR) is 111 cm³/mol. The van der Waals surface area contributed by atoms with E-state index in [2.05, 4.69) is 10.3 Å². The Labute approximate surface area is 170 Å². The Bertz CT molecular complexity index is 904. The molecule has 152 valence electrons. The van der Waals surface area contributed by atoms with E-state index >= 15 is 0 Å². The molecule has 2 aromatic carbocycles. The van der Waals surface area contributed by atoms with Crippen LogP contribution in [-0.2, 0) is 30.6 Å². The van der Waals surface area contributed by atoms with E-state index < -0.39 is 5.97 Å². The Morgan fingerprint density at radius 1 is 0.966 bits per heavy atom. The van der Waals surface area contributed by atoms with E-state index in [1.165, 1.54) is 27.6 Å². The van der Waals surface area contributed by atoms with Gasteiger partial charge in [-0.2, -0.15) is 0 Å². The highest BCUT2D eigenvalue weighted by Gasteiger charge is 2.17. The number of hydrogen-bond acceptors (Lipinski definition) is 7. The SMILES string of the molecule is CO/C=C(/C(=O)OC)c1ccccc1CON=C(C)C(=NOC)c1ccccc1. The summed E-state index contributed by atoms with van der Waals surface area (Å²) in [5.74, 6) is -0.502. The zero-order valence-corrected chi connectivity index (χ0v) is 16.9. The zero-order chi connectivity index (χ0) is 21.1. The average molecular weight is 396 g/mol. The first-order valence-corrected chi connectivity index (χ1v) is 8.85. The highest BCUT2D eigenvalue weighted by atomic mass is 16.6. The molecular formula is C22H24N2O5. The lowest BCUT2D eigenvalue weighted by molar-refractivity contribution is -0.133. The molecule has 0 saturated carbocycles. The Balaban J connectivity index is 2.23. The molecule has 0 atom stereocenters. The molecule has 0 N–H and O–H groups in total. The van der Waals surface area contributed by atoms with Crippen molar-refractivity contribution in [3.63, 3.8) is 0 Å². The molecule has 7 heteroatoms. The fourth-order valence-electron chi connectivity index (χ4n) is 2.62. The van der Waals surface area contributed by atoms with Crippen LogP contribution in [0.2, 0.25) is 0 Å². The van der Waals surface area contributed by atoms with Gasteiger partial charge in [-0.1, -0.05) is 64.9 Å². The van der Waals surface area contributed by atoms with Crippen LogP contribution in [0.15, 0.2) is 71.2 Å². The zero-order valence-electron chi connectivity index (χ0n) is 16.9. The molecule has 0 bridgehead atoms. The first kappa shape index (κ1) is 21.7. The number of esters is 1. The summed E-state index contributed by atoms with van der Waals surface area (Å²) in [6.45, 7) is 1.92. The van der Waals surface area contributed by atoms with Crippen LogP contribution in [0.25, 0.3) is 5.57 Å². The smallest absolute Gasteiger partial charge is 0.341 e. The molecule has 2 aromatic rings. The summed E-state index contributed by atoms with van der Waals surface area (Å²) in [4.78, 5) is 22.6. The van der Waals surface area contributed by atoms with Gasteiger partial charge in [0.2, 0.25) is 0 Å². The Morgan fingerprint density at radius 3 is 2.31 bits per heavy atom. The van der Waals surface area contributed by atoms with Crippen molar-refractivity contribution in [3.8, 4) is 0 Å². The monoisotopic (exact) mass is 396 g/mol. The molecule has 0 aliphatic heterocycles. The lowest BCUT2D eigenvalue weighted by Crippen LogP contribution is -2.13. The van der Waals surface area contributed by atoms with Gasteiger partial charge in [-0.25, -0.2) is 4.79 Å². The Hall–Kier alpha value is -3.61. The molecule has 0 aliphatic carbocycles. The molecule has 0 unspecified atom stereocenters. The molecule has 0 aromatic heterocycles. The number of oxime groups is 2. The highest BCUT2D eigenvalue weighted by molar-refractivity contribution is 6.47. The van der Waals surface area contributed by atoms with E-state index in [-0.39, 0.29) is 6.61 Å². The second-order valence-electron chi connectivity index (χ2n) is 5.85. The van der Waals surface area contributed by atoms with E-state index in [0.29, 0.717) is 22.6 Å². The van der Waals surface area contributed by atoms with Crippen molar-refractivity contribution >= 4 is 23.0 Å². The summed E-state index contributed by atoms with van der Waals surface area (Å²) in [7, 11) is 4.26. The standard InChI is InChI=1S/C22H24N2O5/c1-16(21(24-28-4)17-10-6-5-7-11-17)23-29-14-18-12-8-9-13-19(18)20(15-26-2)22(25)27-3/h5-13,15H,14H2,1-4H3/b20-15+,23-16?,24-21?. The van der Waals surface area contributed by atoms with Crippen LogP contribution in [0, 0.1) is 0 Å². The number of nitrogens with zero attached hydrogens (tertiary/aromatic N) is 2. The van der Waals surface area contributed by atoms with Gasteiger partial charge in [0.1, 0.15) is 30.7 Å². The van der Waals surface area contributed by atoms with Crippen molar-refractivity contribution < 1.29 is 23.9 Å². The van der Waals surface area contributed by atoms with Crippen LogP contribution in [0.5, 0.6) is 0 Å². The van der Waals surface area contributed by atoms with Gasteiger partial charge in [-0.15, -0.1) is 0 Å². The molecule has 29 heavy (non-hydrogen) atoms. The van der Waals surface area contributed by atoms with Gasteiger partial charge in [-0.3, -0.25) is 0 Å². The van der Waals surface area contributed by atoms with Crippen molar-refractivity contribution in [1.29, 1.82) is 0 Å². The minimum absolute atomic E-state index is 0.139. The van der Waals surface area contributed by atoms with Gasteiger partial charge in [0.15, 0.2) is 0 Å². The molecule has 0 aliphatic rings. The molecule has 0 saturated heterocycles. The van der Waals surface area contributed by atoms with Crippen LogP contribution < -0.4 is 0 Å². The maximum absolute atomic E-state index is 12.1. The third-order valence-corrected chi connectivity index (χ3v) is 3.94. The van der Waals surface area contributed by atoms with Crippen molar-refractivity contribution in [3.05, 3.63) is 77.5 Å². The van der Waals surface area contributed by atoms with Crippen LogP contribution in [0.1, 0.15) is 23.6 Å². The third kappa shape index (κ3) is 5.93. The minimum atomic E-state index is -0.502. The summed E-state index contributed by atoms with van der Waals surface area (Å²) in [5.41, 5.74) is 3.66. The second-order valence-corrected chi connectivity index (χ2v) is 5.85. The maximum Gasteiger partial charge on any atom is 0.341 e. The highest BCUT2D eigenvalue weighted by Crippen LogP contribution is 2.21.